The third kappa shape index (κ3) is 5.36. The van der Waals surface area contributed by atoms with Gasteiger partial charge in [0.1, 0.15) is 5.03 Å². The van der Waals surface area contributed by atoms with E-state index >= 15 is 0 Å². The van der Waals surface area contributed by atoms with Crippen molar-refractivity contribution in [2.45, 2.75) is 30.5 Å². The Morgan fingerprint density at radius 3 is 2.75 bits per heavy atom. The Morgan fingerprint density at radius 1 is 1.15 bits per heavy atom. The van der Waals surface area contributed by atoms with Crippen LogP contribution in [0, 0.1) is 0 Å². The summed E-state index contributed by atoms with van der Waals surface area (Å²) >= 11 is 7.32. The second-order valence-corrected chi connectivity index (χ2v) is 13.5. The highest BCUT2D eigenvalue weighted by Gasteiger charge is 2.40. The number of H-pyrrole nitrogens is 1. The van der Waals surface area contributed by atoms with Gasteiger partial charge in [0.25, 0.3) is 15.9 Å². The van der Waals surface area contributed by atoms with Gasteiger partial charge in [-0.25, -0.2) is 13.4 Å². The standard InChI is InChI=1S/C25H29ClN6O6S2/c26-17-1-2-19-16(11-17)12-22(27-19)40(36,37)31-5-6-32(18(14-31)13-23(33)29-7-9-38-10-8-29)25(34)24-28-20-3-4-30(35)15-21(20)39-24/h1-2,11-12,18,27,35H,3-10,13-15H2. The number of hydroxylamine groups is 2. The number of piperazine rings is 1. The Balaban J connectivity index is 1.27. The van der Waals surface area contributed by atoms with Crippen LogP contribution in [0.1, 0.15) is 26.8 Å². The summed E-state index contributed by atoms with van der Waals surface area (Å²) in [5.41, 5.74) is 1.43. The number of halogens is 1. The van der Waals surface area contributed by atoms with Crippen molar-refractivity contribution in [3.8, 4) is 0 Å². The van der Waals surface area contributed by atoms with Crippen molar-refractivity contribution in [1.82, 2.24) is 29.1 Å². The van der Waals surface area contributed by atoms with Gasteiger partial charge in [0.15, 0.2) is 5.01 Å². The number of amides is 2. The molecule has 0 saturated carbocycles. The van der Waals surface area contributed by atoms with Gasteiger partial charge in [-0.15, -0.1) is 11.3 Å². The fourth-order valence-corrected chi connectivity index (χ4v) is 8.12. The lowest BCUT2D eigenvalue weighted by atomic mass is 10.1. The van der Waals surface area contributed by atoms with Crippen LogP contribution >= 0.6 is 22.9 Å². The number of benzene rings is 1. The number of aromatic nitrogens is 2. The van der Waals surface area contributed by atoms with E-state index in [4.69, 9.17) is 16.3 Å². The smallest absolute Gasteiger partial charge is 0.283 e. The first-order valence-electron chi connectivity index (χ1n) is 13.1. The molecule has 0 radical (unpaired) electrons. The molecule has 214 valence electrons. The van der Waals surface area contributed by atoms with Gasteiger partial charge in [0, 0.05) is 72.9 Å². The van der Waals surface area contributed by atoms with Crippen LogP contribution in [0.4, 0.5) is 0 Å². The molecular weight excluding hydrogens is 580 g/mol. The quantitative estimate of drug-likeness (QED) is 0.447. The lowest BCUT2D eigenvalue weighted by Crippen LogP contribution is -2.58. The summed E-state index contributed by atoms with van der Waals surface area (Å²) in [7, 11) is -3.95. The molecule has 2 amide bonds. The molecule has 12 nitrogen and oxygen atoms in total. The van der Waals surface area contributed by atoms with E-state index in [0.29, 0.717) is 61.7 Å². The number of carbonyl (C=O) groups excluding carboxylic acids is 2. The average Bonchev–Trinajstić information content (AvgIpc) is 3.57. The number of ether oxygens (including phenoxy) is 1. The number of hydrogen-bond donors (Lipinski definition) is 2. The maximum absolute atomic E-state index is 13.7. The van der Waals surface area contributed by atoms with Crippen LogP contribution in [-0.4, -0.2) is 113 Å². The second kappa shape index (κ2) is 11.0. The number of hydrogen-bond acceptors (Lipinski definition) is 9. The third-order valence-electron chi connectivity index (χ3n) is 7.55. The van der Waals surface area contributed by atoms with Crippen LogP contribution in [0.3, 0.4) is 0 Å². The first-order valence-corrected chi connectivity index (χ1v) is 15.7. The second-order valence-electron chi connectivity index (χ2n) is 10.1. The lowest BCUT2D eigenvalue weighted by Gasteiger charge is -2.41. The minimum Gasteiger partial charge on any atom is -0.378 e. The molecule has 3 aromatic rings. The fourth-order valence-electron chi connectivity index (χ4n) is 5.38. The van der Waals surface area contributed by atoms with E-state index in [9.17, 15) is 23.2 Å². The number of fused-ring (bicyclic) bond motifs is 2. The molecule has 1 atom stereocenters. The molecule has 2 aromatic heterocycles. The summed E-state index contributed by atoms with van der Waals surface area (Å²) in [6.07, 6.45) is 0.520. The van der Waals surface area contributed by atoms with Gasteiger partial charge >= 0.3 is 0 Å². The molecule has 3 aliphatic heterocycles. The largest absolute Gasteiger partial charge is 0.378 e. The SMILES string of the molecule is O=C(CC1CN(S(=O)(=O)c2cc3cc(Cl)ccc3[nH]2)CCN1C(=O)c1nc2c(s1)CN(O)CC2)N1CCOCC1. The maximum atomic E-state index is 13.7. The third-order valence-corrected chi connectivity index (χ3v) is 10.6. The Bertz CT molecular complexity index is 1550. The number of thiazole rings is 1. The molecule has 1 aromatic carbocycles. The van der Waals surface area contributed by atoms with Crippen molar-refractivity contribution in [3.63, 3.8) is 0 Å². The zero-order chi connectivity index (χ0) is 28.0. The van der Waals surface area contributed by atoms with Gasteiger partial charge in [0.05, 0.1) is 31.5 Å². The molecule has 15 heteroatoms. The highest BCUT2D eigenvalue weighted by Crippen LogP contribution is 2.29. The summed E-state index contributed by atoms with van der Waals surface area (Å²) < 4.78 is 34.1. The fraction of sp³-hybridized carbons (Fsp3) is 0.480. The summed E-state index contributed by atoms with van der Waals surface area (Å²) in [5, 5.41) is 12.6. The highest BCUT2D eigenvalue weighted by molar-refractivity contribution is 7.89. The molecule has 5 heterocycles. The van der Waals surface area contributed by atoms with E-state index in [0.717, 1.165) is 10.6 Å². The predicted molar refractivity (Wildman–Crippen MR) is 147 cm³/mol. The van der Waals surface area contributed by atoms with E-state index in [2.05, 4.69) is 9.97 Å². The zero-order valence-electron chi connectivity index (χ0n) is 21.6. The Labute approximate surface area is 240 Å². The van der Waals surface area contributed by atoms with E-state index in [1.165, 1.54) is 20.7 Å². The molecule has 0 spiro atoms. The Hall–Kier alpha value is -2.59. The topological polar surface area (TPSA) is 139 Å². The minimum absolute atomic E-state index is 0.0183. The monoisotopic (exact) mass is 608 g/mol. The van der Waals surface area contributed by atoms with Crippen LogP contribution in [0.5, 0.6) is 0 Å². The summed E-state index contributed by atoms with van der Waals surface area (Å²) in [6.45, 7) is 2.69. The van der Waals surface area contributed by atoms with Gasteiger partial charge in [-0.1, -0.05) is 11.6 Å². The van der Waals surface area contributed by atoms with Gasteiger partial charge in [-0.2, -0.15) is 9.37 Å². The molecule has 2 fully saturated rings. The number of sulfonamides is 1. The van der Waals surface area contributed by atoms with E-state index in [1.807, 2.05) is 0 Å². The van der Waals surface area contributed by atoms with Crippen molar-refractivity contribution in [2.24, 2.45) is 0 Å². The molecule has 40 heavy (non-hydrogen) atoms. The van der Waals surface area contributed by atoms with Gasteiger partial charge in [-0.05, 0) is 24.3 Å². The number of nitrogens with one attached hydrogen (secondary N) is 1. The van der Waals surface area contributed by atoms with E-state index in [-0.39, 0.29) is 47.9 Å². The van der Waals surface area contributed by atoms with Crippen LogP contribution < -0.4 is 0 Å². The molecule has 6 rings (SSSR count). The summed E-state index contributed by atoms with van der Waals surface area (Å²) in [6, 6.07) is 5.97. The van der Waals surface area contributed by atoms with Crippen molar-refractivity contribution in [1.29, 1.82) is 0 Å². The van der Waals surface area contributed by atoms with E-state index < -0.39 is 16.1 Å². The van der Waals surface area contributed by atoms with Crippen molar-refractivity contribution in [3.05, 3.63) is 44.9 Å². The molecule has 3 aliphatic rings. The minimum atomic E-state index is -3.95. The molecule has 2 N–H and O–H groups in total. The normalized spacial score (nSPS) is 21.1. The van der Waals surface area contributed by atoms with Crippen LogP contribution in [0.25, 0.3) is 10.9 Å². The Kier molecular flexibility index (Phi) is 7.59. The number of aromatic amines is 1. The molecule has 0 aliphatic carbocycles. The number of morpholine rings is 1. The predicted octanol–water partition coefficient (Wildman–Crippen LogP) is 1.79. The highest BCUT2D eigenvalue weighted by atomic mass is 35.5. The zero-order valence-corrected chi connectivity index (χ0v) is 24.0. The molecule has 2 saturated heterocycles. The van der Waals surface area contributed by atoms with Crippen molar-refractivity contribution in [2.75, 3.05) is 52.5 Å². The van der Waals surface area contributed by atoms with E-state index in [1.54, 1.807) is 34.1 Å². The number of rotatable bonds is 5. The molecular formula is C25H29ClN6O6S2. The van der Waals surface area contributed by atoms with Crippen LogP contribution in [0.15, 0.2) is 29.3 Å². The molecule has 0 bridgehead atoms. The maximum Gasteiger partial charge on any atom is 0.283 e. The first kappa shape index (κ1) is 27.6. The first-order chi connectivity index (χ1) is 19.2. The summed E-state index contributed by atoms with van der Waals surface area (Å²) in [5.74, 6) is -0.485. The van der Waals surface area contributed by atoms with Gasteiger partial charge < -0.3 is 24.7 Å². The Morgan fingerprint density at radius 2 is 1.95 bits per heavy atom. The van der Waals surface area contributed by atoms with Crippen LogP contribution in [-0.2, 0) is 32.5 Å². The van der Waals surface area contributed by atoms with Crippen molar-refractivity contribution >= 4 is 55.7 Å². The van der Waals surface area contributed by atoms with Crippen molar-refractivity contribution < 1.29 is 28.0 Å². The average molecular weight is 609 g/mol. The molecule has 1 unspecified atom stereocenters. The summed E-state index contributed by atoms with van der Waals surface area (Å²) in [4.78, 5) is 38.6. The van der Waals surface area contributed by atoms with Gasteiger partial charge in [-0.3, -0.25) is 9.59 Å². The number of carbonyl (C=O) groups is 2. The number of nitrogens with zero attached hydrogens (tertiary/aromatic N) is 5. The van der Waals surface area contributed by atoms with Crippen LogP contribution in [0.2, 0.25) is 5.02 Å². The lowest BCUT2D eigenvalue weighted by molar-refractivity contribution is -0.136. The van der Waals surface area contributed by atoms with Gasteiger partial charge in [0.2, 0.25) is 5.91 Å².